The van der Waals surface area contributed by atoms with Crippen molar-refractivity contribution in [3.63, 3.8) is 0 Å². The fourth-order valence-corrected chi connectivity index (χ4v) is 3.72. The second-order valence-corrected chi connectivity index (χ2v) is 5.42. The van der Waals surface area contributed by atoms with Gasteiger partial charge in [-0.15, -0.1) is 0 Å². The van der Waals surface area contributed by atoms with Crippen molar-refractivity contribution in [3.05, 3.63) is 41.1 Å². The van der Waals surface area contributed by atoms with Gasteiger partial charge in [0.1, 0.15) is 0 Å². The average Bonchev–Trinajstić information content (AvgIpc) is 2.72. The predicted molar refractivity (Wildman–Crippen MR) is 72.1 cm³/mol. The van der Waals surface area contributed by atoms with Gasteiger partial charge < -0.3 is 4.98 Å². The second kappa shape index (κ2) is 3.25. The SMILES string of the molecule is CC1=C2CCCCC1c1c2[nH]c2ccccc12. The van der Waals surface area contributed by atoms with E-state index in [1.165, 1.54) is 42.3 Å². The molecular weight excluding hydrogens is 206 g/mol. The molecule has 2 aliphatic carbocycles. The van der Waals surface area contributed by atoms with Crippen LogP contribution in [0.1, 0.15) is 49.8 Å². The van der Waals surface area contributed by atoms with Crippen molar-refractivity contribution >= 4 is 16.5 Å². The molecule has 0 radical (unpaired) electrons. The first kappa shape index (κ1) is 9.52. The van der Waals surface area contributed by atoms with Gasteiger partial charge in [0.25, 0.3) is 0 Å². The van der Waals surface area contributed by atoms with Crippen molar-refractivity contribution in [2.24, 2.45) is 0 Å². The summed E-state index contributed by atoms with van der Waals surface area (Å²) < 4.78 is 0. The van der Waals surface area contributed by atoms with Gasteiger partial charge in [-0.3, -0.25) is 0 Å². The van der Waals surface area contributed by atoms with Crippen LogP contribution in [0.2, 0.25) is 0 Å². The predicted octanol–water partition coefficient (Wildman–Crippen LogP) is 4.61. The molecule has 0 saturated carbocycles. The van der Waals surface area contributed by atoms with Crippen molar-refractivity contribution in [2.45, 2.75) is 38.5 Å². The zero-order valence-electron chi connectivity index (χ0n) is 10.2. The molecule has 1 atom stereocenters. The molecule has 0 spiro atoms. The first-order valence-electron chi connectivity index (χ1n) is 6.67. The van der Waals surface area contributed by atoms with Crippen molar-refractivity contribution < 1.29 is 0 Å². The highest BCUT2D eigenvalue weighted by Gasteiger charge is 2.33. The molecule has 0 fully saturated rings. The van der Waals surface area contributed by atoms with Gasteiger partial charge >= 0.3 is 0 Å². The smallest absolute Gasteiger partial charge is 0.0462 e. The molecule has 1 nitrogen and oxygen atoms in total. The Bertz CT molecular complexity index is 630. The Kier molecular flexibility index (Phi) is 1.82. The third kappa shape index (κ3) is 1.14. The minimum atomic E-state index is 0.693. The molecule has 0 aliphatic heterocycles. The van der Waals surface area contributed by atoms with E-state index in [2.05, 4.69) is 36.2 Å². The van der Waals surface area contributed by atoms with E-state index in [0.717, 1.165) is 0 Å². The van der Waals surface area contributed by atoms with Crippen molar-refractivity contribution in [1.82, 2.24) is 4.98 Å². The number of fused-ring (bicyclic) bond motifs is 6. The number of hydrogen-bond donors (Lipinski definition) is 1. The molecule has 1 aromatic carbocycles. The van der Waals surface area contributed by atoms with Gasteiger partial charge in [0.05, 0.1) is 0 Å². The number of aromatic amines is 1. The normalized spacial score (nSPS) is 23.0. The fraction of sp³-hybridized carbons (Fsp3) is 0.375. The second-order valence-electron chi connectivity index (χ2n) is 5.42. The maximum absolute atomic E-state index is 3.65. The molecular formula is C16H17N. The van der Waals surface area contributed by atoms with Crippen molar-refractivity contribution in [2.75, 3.05) is 0 Å². The average molecular weight is 223 g/mol. The Hall–Kier alpha value is -1.50. The molecule has 4 rings (SSSR count). The minimum Gasteiger partial charge on any atom is -0.355 e. The number of rotatable bonds is 0. The van der Waals surface area contributed by atoms with Crippen LogP contribution in [0.4, 0.5) is 0 Å². The van der Waals surface area contributed by atoms with E-state index in [0.29, 0.717) is 5.92 Å². The van der Waals surface area contributed by atoms with Crippen LogP contribution < -0.4 is 0 Å². The van der Waals surface area contributed by atoms with E-state index in [9.17, 15) is 0 Å². The largest absolute Gasteiger partial charge is 0.355 e. The Balaban J connectivity index is 2.06. The van der Waals surface area contributed by atoms with Crippen LogP contribution in [0, 0.1) is 0 Å². The Labute approximate surface area is 102 Å². The highest BCUT2D eigenvalue weighted by Crippen LogP contribution is 2.50. The van der Waals surface area contributed by atoms with Gasteiger partial charge in [-0.25, -0.2) is 0 Å². The van der Waals surface area contributed by atoms with Crippen molar-refractivity contribution in [1.29, 1.82) is 0 Å². The maximum atomic E-state index is 3.65. The first-order valence-corrected chi connectivity index (χ1v) is 6.67. The van der Waals surface area contributed by atoms with Gasteiger partial charge in [0, 0.05) is 22.5 Å². The summed E-state index contributed by atoms with van der Waals surface area (Å²) in [5, 5.41) is 1.45. The molecule has 1 heteroatoms. The van der Waals surface area contributed by atoms with Crippen molar-refractivity contribution in [3.8, 4) is 0 Å². The summed E-state index contributed by atoms with van der Waals surface area (Å²) >= 11 is 0. The molecule has 1 heterocycles. The molecule has 2 bridgehead atoms. The molecule has 1 aromatic heterocycles. The lowest BCUT2D eigenvalue weighted by Crippen LogP contribution is -1.96. The topological polar surface area (TPSA) is 15.8 Å². The monoisotopic (exact) mass is 223 g/mol. The van der Waals surface area contributed by atoms with E-state index in [-0.39, 0.29) is 0 Å². The van der Waals surface area contributed by atoms with E-state index < -0.39 is 0 Å². The summed E-state index contributed by atoms with van der Waals surface area (Å²) in [6.07, 6.45) is 5.34. The van der Waals surface area contributed by atoms with Gasteiger partial charge in [-0.2, -0.15) is 0 Å². The number of benzene rings is 1. The number of nitrogens with one attached hydrogen (secondary N) is 1. The Morgan fingerprint density at radius 3 is 3.00 bits per heavy atom. The number of aromatic nitrogens is 1. The lowest BCUT2D eigenvalue weighted by Gasteiger charge is -2.12. The van der Waals surface area contributed by atoms with Gasteiger partial charge in [0.15, 0.2) is 0 Å². The number of H-pyrrole nitrogens is 1. The minimum absolute atomic E-state index is 0.693. The number of allylic oxidation sites excluding steroid dienone is 2. The fourth-order valence-electron chi connectivity index (χ4n) is 3.72. The van der Waals surface area contributed by atoms with E-state index >= 15 is 0 Å². The lowest BCUT2D eigenvalue weighted by molar-refractivity contribution is 0.648. The molecule has 1 unspecified atom stereocenters. The maximum Gasteiger partial charge on any atom is 0.0462 e. The summed E-state index contributed by atoms with van der Waals surface area (Å²) in [4.78, 5) is 3.65. The van der Waals surface area contributed by atoms with Gasteiger partial charge in [0.2, 0.25) is 0 Å². The zero-order valence-corrected chi connectivity index (χ0v) is 10.2. The quantitative estimate of drug-likeness (QED) is 0.671. The summed E-state index contributed by atoms with van der Waals surface area (Å²) in [5.41, 5.74) is 7.60. The summed E-state index contributed by atoms with van der Waals surface area (Å²) in [6, 6.07) is 8.76. The van der Waals surface area contributed by atoms with Crippen LogP contribution >= 0.6 is 0 Å². The van der Waals surface area contributed by atoms with Crippen LogP contribution in [0.5, 0.6) is 0 Å². The van der Waals surface area contributed by atoms with Crippen LogP contribution in [0.3, 0.4) is 0 Å². The molecule has 2 aromatic rings. The highest BCUT2D eigenvalue weighted by atomic mass is 14.7. The van der Waals surface area contributed by atoms with Crippen LogP contribution in [0.15, 0.2) is 29.8 Å². The number of para-hydroxylation sites is 1. The van der Waals surface area contributed by atoms with Gasteiger partial charge in [-0.05, 0) is 43.4 Å². The molecule has 2 aliphatic rings. The molecule has 1 N–H and O–H groups in total. The van der Waals surface area contributed by atoms with E-state index in [1.807, 2.05) is 0 Å². The highest BCUT2D eigenvalue weighted by molar-refractivity contribution is 5.94. The summed E-state index contributed by atoms with van der Waals surface area (Å²) in [7, 11) is 0. The Morgan fingerprint density at radius 1 is 1.18 bits per heavy atom. The standard InChI is InChI=1S/C16H17N/c1-10-11-6-2-3-7-12(10)16-15(11)13-8-4-5-9-14(13)17-16/h4-5,8-9,11,17H,2-3,6-7H2,1H3. The van der Waals surface area contributed by atoms with Crippen LogP contribution in [0.25, 0.3) is 16.5 Å². The third-order valence-electron chi connectivity index (χ3n) is 4.56. The first-order chi connectivity index (χ1) is 8.36. The Morgan fingerprint density at radius 2 is 2.06 bits per heavy atom. The van der Waals surface area contributed by atoms with E-state index in [1.54, 1.807) is 16.7 Å². The molecule has 86 valence electrons. The molecule has 0 amide bonds. The number of hydrogen-bond acceptors (Lipinski definition) is 0. The van der Waals surface area contributed by atoms with Crippen LogP contribution in [-0.4, -0.2) is 4.98 Å². The molecule has 0 saturated heterocycles. The summed E-state index contributed by atoms with van der Waals surface area (Å²) in [6.45, 7) is 2.34. The zero-order chi connectivity index (χ0) is 11.4. The van der Waals surface area contributed by atoms with Gasteiger partial charge in [-0.1, -0.05) is 30.2 Å². The van der Waals surface area contributed by atoms with Crippen LogP contribution in [-0.2, 0) is 0 Å². The van der Waals surface area contributed by atoms with E-state index in [4.69, 9.17) is 0 Å². The third-order valence-corrected chi connectivity index (χ3v) is 4.56. The summed E-state index contributed by atoms with van der Waals surface area (Å²) in [5.74, 6) is 0.693. The lowest BCUT2D eigenvalue weighted by atomic mass is 9.91. The molecule has 17 heavy (non-hydrogen) atoms.